The number of hydrogen-bond donors (Lipinski definition) is 1. The summed E-state index contributed by atoms with van der Waals surface area (Å²) in [7, 11) is 0. The van der Waals surface area contributed by atoms with Gasteiger partial charge in [0.05, 0.1) is 0 Å². The van der Waals surface area contributed by atoms with Crippen LogP contribution >= 0.6 is 0 Å². The van der Waals surface area contributed by atoms with Crippen LogP contribution in [-0.4, -0.2) is 24.3 Å². The van der Waals surface area contributed by atoms with Crippen molar-refractivity contribution in [1.82, 2.24) is 0 Å². The summed E-state index contributed by atoms with van der Waals surface area (Å²) in [5, 5.41) is 9.16. The predicted octanol–water partition coefficient (Wildman–Crippen LogP) is 2.91. The maximum Gasteiger partial charge on any atom is 0.0450 e. The fraction of sp³-hybridized carbons (Fsp3) is 0.600. The van der Waals surface area contributed by atoms with Crippen LogP contribution < -0.4 is 4.90 Å². The molecule has 1 fully saturated rings. The number of para-hydroxylation sites is 1. The summed E-state index contributed by atoms with van der Waals surface area (Å²) in [5.74, 6) is 0. The lowest BCUT2D eigenvalue weighted by molar-refractivity contribution is 0.275. The lowest BCUT2D eigenvalue weighted by Crippen LogP contribution is -2.31. The van der Waals surface area contributed by atoms with E-state index in [0.29, 0.717) is 12.6 Å². The van der Waals surface area contributed by atoms with E-state index in [1.807, 2.05) is 0 Å². The van der Waals surface area contributed by atoms with E-state index in [1.165, 1.54) is 29.7 Å². The molecule has 17 heavy (non-hydrogen) atoms. The van der Waals surface area contributed by atoms with Crippen LogP contribution in [0.3, 0.4) is 0 Å². The van der Waals surface area contributed by atoms with Gasteiger partial charge in [-0.3, -0.25) is 0 Å². The molecule has 0 saturated carbocycles. The molecule has 0 spiro atoms. The van der Waals surface area contributed by atoms with Gasteiger partial charge >= 0.3 is 0 Å². The average molecular weight is 233 g/mol. The van der Waals surface area contributed by atoms with Gasteiger partial charge in [-0.2, -0.15) is 0 Å². The van der Waals surface area contributed by atoms with Gasteiger partial charge in [0.15, 0.2) is 0 Å². The van der Waals surface area contributed by atoms with Gasteiger partial charge in [0.1, 0.15) is 0 Å². The van der Waals surface area contributed by atoms with Crippen LogP contribution in [0.15, 0.2) is 18.2 Å². The van der Waals surface area contributed by atoms with Crippen molar-refractivity contribution in [3.63, 3.8) is 0 Å². The minimum Gasteiger partial charge on any atom is -0.396 e. The van der Waals surface area contributed by atoms with E-state index in [2.05, 4.69) is 36.9 Å². The Morgan fingerprint density at radius 1 is 1.41 bits per heavy atom. The highest BCUT2D eigenvalue weighted by atomic mass is 16.3. The van der Waals surface area contributed by atoms with Crippen molar-refractivity contribution in [2.75, 3.05) is 18.1 Å². The first kappa shape index (κ1) is 12.4. The van der Waals surface area contributed by atoms with Crippen molar-refractivity contribution >= 4 is 5.69 Å². The Balaban J connectivity index is 2.32. The van der Waals surface area contributed by atoms with Crippen LogP contribution in [0.4, 0.5) is 5.69 Å². The smallest absolute Gasteiger partial charge is 0.0450 e. The predicted molar refractivity (Wildman–Crippen MR) is 72.6 cm³/mol. The zero-order chi connectivity index (χ0) is 12.3. The second-order valence-corrected chi connectivity index (χ2v) is 4.94. The van der Waals surface area contributed by atoms with Crippen molar-refractivity contribution in [2.45, 2.75) is 45.6 Å². The van der Waals surface area contributed by atoms with Crippen LogP contribution in [0.5, 0.6) is 0 Å². The molecule has 1 saturated heterocycles. The largest absolute Gasteiger partial charge is 0.396 e. The molecular formula is C15H23NO. The first-order valence-corrected chi connectivity index (χ1v) is 6.74. The lowest BCUT2D eigenvalue weighted by Gasteiger charge is -2.30. The van der Waals surface area contributed by atoms with Crippen LogP contribution in [0, 0.1) is 6.92 Å². The van der Waals surface area contributed by atoms with E-state index in [0.717, 1.165) is 19.4 Å². The minimum atomic E-state index is 0.300. The van der Waals surface area contributed by atoms with Gasteiger partial charge in [-0.05, 0) is 43.7 Å². The Morgan fingerprint density at radius 3 is 2.94 bits per heavy atom. The zero-order valence-corrected chi connectivity index (χ0v) is 10.9. The molecule has 0 bridgehead atoms. The summed E-state index contributed by atoms with van der Waals surface area (Å²) in [6.45, 7) is 5.86. The highest BCUT2D eigenvalue weighted by Gasteiger charge is 2.26. The molecule has 0 amide bonds. The van der Waals surface area contributed by atoms with E-state index in [4.69, 9.17) is 5.11 Å². The summed E-state index contributed by atoms with van der Waals surface area (Å²) in [5.41, 5.74) is 4.23. The van der Waals surface area contributed by atoms with Gasteiger partial charge in [0.2, 0.25) is 0 Å². The first-order chi connectivity index (χ1) is 8.27. The molecule has 2 heteroatoms. The molecule has 2 rings (SSSR count). The quantitative estimate of drug-likeness (QED) is 0.864. The molecule has 1 aliphatic heterocycles. The van der Waals surface area contributed by atoms with E-state index < -0.39 is 0 Å². The van der Waals surface area contributed by atoms with Crippen molar-refractivity contribution < 1.29 is 5.11 Å². The molecule has 94 valence electrons. The van der Waals surface area contributed by atoms with Crippen LogP contribution in [-0.2, 0) is 6.42 Å². The number of aliphatic hydroxyl groups excluding tert-OH is 1. The van der Waals surface area contributed by atoms with Crippen molar-refractivity contribution in [3.8, 4) is 0 Å². The molecule has 0 aliphatic carbocycles. The third-order valence-corrected chi connectivity index (χ3v) is 3.83. The number of anilines is 1. The summed E-state index contributed by atoms with van der Waals surface area (Å²) < 4.78 is 0. The normalized spacial score (nSPS) is 19.9. The maximum absolute atomic E-state index is 9.16. The number of aryl methyl sites for hydroxylation is 2. The minimum absolute atomic E-state index is 0.300. The highest BCUT2D eigenvalue weighted by Crippen LogP contribution is 2.33. The molecule has 1 N–H and O–H groups in total. The van der Waals surface area contributed by atoms with Crippen LogP contribution in [0.1, 0.15) is 37.3 Å². The number of hydrogen-bond acceptors (Lipinski definition) is 2. The number of benzene rings is 1. The molecule has 1 aromatic carbocycles. The van der Waals surface area contributed by atoms with Gasteiger partial charge in [-0.1, -0.05) is 25.1 Å². The topological polar surface area (TPSA) is 23.5 Å². The fourth-order valence-electron chi connectivity index (χ4n) is 3.00. The summed E-state index contributed by atoms with van der Waals surface area (Å²) in [6, 6.07) is 7.11. The van der Waals surface area contributed by atoms with Crippen molar-refractivity contribution in [2.24, 2.45) is 0 Å². The second kappa shape index (κ2) is 5.54. The molecule has 1 atom stereocenters. The van der Waals surface area contributed by atoms with Crippen molar-refractivity contribution in [1.29, 1.82) is 0 Å². The third kappa shape index (κ3) is 2.47. The van der Waals surface area contributed by atoms with E-state index in [9.17, 15) is 0 Å². The average Bonchev–Trinajstić information content (AvgIpc) is 2.77. The molecular weight excluding hydrogens is 210 g/mol. The van der Waals surface area contributed by atoms with Crippen molar-refractivity contribution in [3.05, 3.63) is 29.3 Å². The summed E-state index contributed by atoms with van der Waals surface area (Å²) in [4.78, 5) is 2.52. The van der Waals surface area contributed by atoms with Crippen LogP contribution in [0.2, 0.25) is 0 Å². The Hall–Kier alpha value is -1.02. The van der Waals surface area contributed by atoms with Gasteiger partial charge in [0.25, 0.3) is 0 Å². The summed E-state index contributed by atoms with van der Waals surface area (Å²) in [6.07, 6.45) is 4.46. The standard InChI is InChI=1S/C15H23NO/c1-3-13-7-4-6-12(2)15(13)16-10-5-8-14(16)9-11-17/h4,6-7,14,17H,3,5,8-11H2,1-2H3. The summed E-state index contributed by atoms with van der Waals surface area (Å²) >= 11 is 0. The zero-order valence-electron chi connectivity index (χ0n) is 10.9. The number of nitrogens with zero attached hydrogens (tertiary/aromatic N) is 1. The van der Waals surface area contributed by atoms with Gasteiger partial charge in [0, 0.05) is 24.9 Å². The molecule has 2 nitrogen and oxygen atoms in total. The van der Waals surface area contributed by atoms with Gasteiger partial charge in [-0.15, -0.1) is 0 Å². The Labute approximate surface area is 104 Å². The molecule has 1 aliphatic rings. The van der Waals surface area contributed by atoms with E-state index >= 15 is 0 Å². The molecule has 0 aromatic heterocycles. The van der Waals surface area contributed by atoms with Crippen LogP contribution in [0.25, 0.3) is 0 Å². The Kier molecular flexibility index (Phi) is 4.06. The molecule has 1 unspecified atom stereocenters. The SMILES string of the molecule is CCc1cccc(C)c1N1CCCC1CCO. The first-order valence-electron chi connectivity index (χ1n) is 6.74. The monoisotopic (exact) mass is 233 g/mol. The maximum atomic E-state index is 9.16. The Morgan fingerprint density at radius 2 is 2.24 bits per heavy atom. The van der Waals surface area contributed by atoms with E-state index in [1.54, 1.807) is 0 Å². The highest BCUT2D eigenvalue weighted by molar-refractivity contribution is 5.60. The fourth-order valence-corrected chi connectivity index (χ4v) is 3.00. The lowest BCUT2D eigenvalue weighted by atomic mass is 10.0. The molecule has 1 heterocycles. The Bertz CT molecular complexity index is 375. The number of aliphatic hydroxyl groups is 1. The van der Waals surface area contributed by atoms with Gasteiger partial charge < -0.3 is 10.0 Å². The second-order valence-electron chi connectivity index (χ2n) is 4.94. The number of rotatable bonds is 4. The van der Waals surface area contributed by atoms with E-state index in [-0.39, 0.29) is 0 Å². The molecule has 1 aromatic rings. The van der Waals surface area contributed by atoms with Gasteiger partial charge in [-0.25, -0.2) is 0 Å². The molecule has 0 radical (unpaired) electrons. The third-order valence-electron chi connectivity index (χ3n) is 3.83.